The van der Waals surface area contributed by atoms with Crippen molar-refractivity contribution in [3.8, 4) is 5.75 Å². The molecule has 6 heteroatoms. The number of rotatable bonds is 3. The van der Waals surface area contributed by atoms with Gasteiger partial charge in [-0.25, -0.2) is 4.79 Å². The number of halogens is 1. The topological polar surface area (TPSA) is 98.0 Å². The number of carboxylic acid groups (broad SMARTS) is 1. The average Bonchev–Trinajstić information content (AvgIpc) is 2.19. The number of hydrogen-bond donors (Lipinski definition) is 4. The predicted octanol–water partition coefficient (Wildman–Crippen LogP) is 0.524. The minimum absolute atomic E-state index is 0.127. The van der Waals surface area contributed by atoms with E-state index in [1.54, 1.807) is 0 Å². The normalized spacial score (nSPS) is 14.6. The van der Waals surface area contributed by atoms with E-state index in [0.717, 1.165) is 0 Å². The smallest absolute Gasteiger partial charge is 0.335 e. The van der Waals surface area contributed by atoms with Crippen molar-refractivity contribution in [2.45, 2.75) is 12.2 Å². The Labute approximate surface area is 90.2 Å². The zero-order chi connectivity index (χ0) is 11.6. The molecule has 0 aliphatic carbocycles. The Kier molecular flexibility index (Phi) is 3.52. The molecule has 15 heavy (non-hydrogen) atoms. The molecule has 1 aromatic rings. The molecule has 0 amide bonds. The summed E-state index contributed by atoms with van der Waals surface area (Å²) in [5.41, 5.74) is -0.127. The van der Waals surface area contributed by atoms with Gasteiger partial charge in [-0.05, 0) is 18.2 Å². The van der Waals surface area contributed by atoms with Gasteiger partial charge in [-0.15, -0.1) is 0 Å². The third-order valence-electron chi connectivity index (χ3n) is 1.86. The van der Waals surface area contributed by atoms with Crippen LogP contribution in [-0.2, 0) is 4.79 Å². The highest BCUT2D eigenvalue weighted by molar-refractivity contribution is 6.30. The van der Waals surface area contributed by atoms with Gasteiger partial charge >= 0.3 is 5.97 Å². The molecule has 2 unspecified atom stereocenters. The van der Waals surface area contributed by atoms with Crippen molar-refractivity contribution < 1.29 is 25.2 Å². The maximum atomic E-state index is 10.4. The molecule has 1 aromatic carbocycles. The lowest BCUT2D eigenvalue weighted by molar-refractivity contribution is -0.153. The molecule has 0 radical (unpaired) electrons. The molecule has 1 rings (SSSR count). The Balaban J connectivity index is 3.04. The zero-order valence-corrected chi connectivity index (χ0v) is 8.22. The first-order valence-corrected chi connectivity index (χ1v) is 4.38. The number of phenolic OH excluding ortho intramolecular Hbond substituents is 1. The van der Waals surface area contributed by atoms with Crippen LogP contribution in [0.1, 0.15) is 11.7 Å². The van der Waals surface area contributed by atoms with Gasteiger partial charge < -0.3 is 20.4 Å². The van der Waals surface area contributed by atoms with Gasteiger partial charge in [0.25, 0.3) is 0 Å². The molecule has 0 bridgehead atoms. The second-order valence-electron chi connectivity index (χ2n) is 2.93. The van der Waals surface area contributed by atoms with Crippen LogP contribution < -0.4 is 0 Å². The molecular weight excluding hydrogens is 224 g/mol. The van der Waals surface area contributed by atoms with Crippen LogP contribution in [0.2, 0.25) is 5.02 Å². The highest BCUT2D eigenvalue weighted by Crippen LogP contribution is 2.29. The van der Waals surface area contributed by atoms with Crippen molar-refractivity contribution in [3.63, 3.8) is 0 Å². The number of aliphatic carboxylic acids is 1. The van der Waals surface area contributed by atoms with Crippen molar-refractivity contribution in [1.29, 1.82) is 0 Å². The Morgan fingerprint density at radius 1 is 1.33 bits per heavy atom. The fourth-order valence-corrected chi connectivity index (χ4v) is 1.25. The van der Waals surface area contributed by atoms with Gasteiger partial charge in [0.15, 0.2) is 6.10 Å². The van der Waals surface area contributed by atoms with Crippen molar-refractivity contribution in [3.05, 3.63) is 28.8 Å². The van der Waals surface area contributed by atoms with Crippen molar-refractivity contribution in [2.24, 2.45) is 0 Å². The maximum Gasteiger partial charge on any atom is 0.335 e. The van der Waals surface area contributed by atoms with E-state index in [9.17, 15) is 15.0 Å². The first kappa shape index (κ1) is 11.8. The summed E-state index contributed by atoms with van der Waals surface area (Å²) in [7, 11) is 0. The third-order valence-corrected chi connectivity index (χ3v) is 2.10. The Bertz CT molecular complexity index is 379. The van der Waals surface area contributed by atoms with E-state index in [2.05, 4.69) is 0 Å². The van der Waals surface area contributed by atoms with Gasteiger partial charge in [-0.1, -0.05) is 11.6 Å². The molecule has 0 aromatic heterocycles. The van der Waals surface area contributed by atoms with Gasteiger partial charge in [-0.3, -0.25) is 0 Å². The summed E-state index contributed by atoms with van der Waals surface area (Å²) in [6, 6.07) is 3.77. The summed E-state index contributed by atoms with van der Waals surface area (Å²) in [4.78, 5) is 10.4. The molecule has 0 heterocycles. The third kappa shape index (κ3) is 2.59. The van der Waals surface area contributed by atoms with Crippen LogP contribution in [0.3, 0.4) is 0 Å². The molecule has 4 N–H and O–H groups in total. The number of aliphatic hydroxyl groups is 2. The van der Waals surface area contributed by atoms with Gasteiger partial charge in [0.1, 0.15) is 11.9 Å². The first-order chi connectivity index (χ1) is 6.93. The molecular formula is C9H9ClO5. The highest BCUT2D eigenvalue weighted by Gasteiger charge is 2.27. The number of carboxylic acids is 1. The van der Waals surface area contributed by atoms with Crippen LogP contribution in [-0.4, -0.2) is 32.5 Å². The van der Waals surface area contributed by atoms with Crippen LogP contribution in [0.25, 0.3) is 0 Å². The van der Waals surface area contributed by atoms with Crippen LogP contribution in [0, 0.1) is 0 Å². The molecule has 0 spiro atoms. The SMILES string of the molecule is O=C(O)C(O)C(O)c1cc(Cl)ccc1O. The molecule has 0 saturated heterocycles. The average molecular weight is 233 g/mol. The molecule has 0 saturated carbocycles. The number of aromatic hydroxyl groups is 1. The number of hydrogen-bond acceptors (Lipinski definition) is 4. The summed E-state index contributed by atoms with van der Waals surface area (Å²) < 4.78 is 0. The second-order valence-corrected chi connectivity index (χ2v) is 3.37. The van der Waals surface area contributed by atoms with Crippen molar-refractivity contribution >= 4 is 17.6 Å². The predicted molar refractivity (Wildman–Crippen MR) is 51.7 cm³/mol. The summed E-state index contributed by atoms with van der Waals surface area (Å²) in [6.45, 7) is 0. The summed E-state index contributed by atoms with van der Waals surface area (Å²) >= 11 is 5.59. The lowest BCUT2D eigenvalue weighted by Gasteiger charge is -2.15. The number of aliphatic hydroxyl groups excluding tert-OH is 2. The van der Waals surface area contributed by atoms with E-state index in [4.69, 9.17) is 21.8 Å². The lowest BCUT2D eigenvalue weighted by Crippen LogP contribution is -2.27. The Morgan fingerprint density at radius 2 is 1.93 bits per heavy atom. The van der Waals surface area contributed by atoms with E-state index >= 15 is 0 Å². The molecule has 2 atom stereocenters. The number of carbonyl (C=O) groups is 1. The van der Waals surface area contributed by atoms with E-state index in [0.29, 0.717) is 0 Å². The fraction of sp³-hybridized carbons (Fsp3) is 0.222. The minimum atomic E-state index is -2.01. The number of benzene rings is 1. The summed E-state index contributed by atoms with van der Waals surface area (Å²) in [5, 5.41) is 36.5. The molecule has 5 nitrogen and oxygen atoms in total. The maximum absolute atomic E-state index is 10.4. The Hall–Kier alpha value is -1.30. The van der Waals surface area contributed by atoms with E-state index in [-0.39, 0.29) is 16.3 Å². The number of phenols is 1. The Morgan fingerprint density at radius 3 is 2.47 bits per heavy atom. The largest absolute Gasteiger partial charge is 0.508 e. The van der Waals surface area contributed by atoms with Gasteiger partial charge in [0, 0.05) is 10.6 Å². The zero-order valence-electron chi connectivity index (χ0n) is 7.46. The van der Waals surface area contributed by atoms with Crippen LogP contribution in [0.15, 0.2) is 18.2 Å². The van der Waals surface area contributed by atoms with Crippen LogP contribution >= 0.6 is 11.6 Å². The fourth-order valence-electron chi connectivity index (χ4n) is 1.07. The quantitative estimate of drug-likeness (QED) is 0.609. The molecule has 0 fully saturated rings. The van der Waals surface area contributed by atoms with E-state index in [1.165, 1.54) is 18.2 Å². The highest BCUT2D eigenvalue weighted by atomic mass is 35.5. The lowest BCUT2D eigenvalue weighted by atomic mass is 10.0. The second kappa shape index (κ2) is 4.48. The van der Waals surface area contributed by atoms with Crippen molar-refractivity contribution in [1.82, 2.24) is 0 Å². The van der Waals surface area contributed by atoms with Crippen molar-refractivity contribution in [2.75, 3.05) is 0 Å². The monoisotopic (exact) mass is 232 g/mol. The molecule has 0 aliphatic heterocycles. The van der Waals surface area contributed by atoms with E-state index < -0.39 is 18.2 Å². The van der Waals surface area contributed by atoms with E-state index in [1.807, 2.05) is 0 Å². The van der Waals surface area contributed by atoms with Crippen LogP contribution in [0.5, 0.6) is 5.75 Å². The van der Waals surface area contributed by atoms with Gasteiger partial charge in [0.2, 0.25) is 0 Å². The minimum Gasteiger partial charge on any atom is -0.508 e. The summed E-state index contributed by atoms with van der Waals surface area (Å²) in [6.07, 6.45) is -3.73. The van der Waals surface area contributed by atoms with Gasteiger partial charge in [-0.2, -0.15) is 0 Å². The summed E-state index contributed by atoms with van der Waals surface area (Å²) in [5.74, 6) is -1.91. The standard InChI is InChI=1S/C9H9ClO5/c10-4-1-2-6(11)5(3-4)7(12)8(13)9(14)15/h1-3,7-8,11-13H,(H,14,15). The van der Waals surface area contributed by atoms with Gasteiger partial charge in [0.05, 0.1) is 0 Å². The van der Waals surface area contributed by atoms with Crippen LogP contribution in [0.4, 0.5) is 0 Å². The molecule has 82 valence electrons. The molecule has 0 aliphatic rings. The first-order valence-electron chi connectivity index (χ1n) is 4.01.